The second-order valence-electron chi connectivity index (χ2n) is 4.08. The third-order valence-electron chi connectivity index (χ3n) is 2.53. The van der Waals surface area contributed by atoms with Gasteiger partial charge in [-0.25, -0.2) is 0 Å². The lowest BCUT2D eigenvalue weighted by molar-refractivity contribution is 0.471. The van der Waals surface area contributed by atoms with E-state index in [1.165, 1.54) is 6.21 Å². The molecule has 19 heavy (non-hydrogen) atoms. The largest absolute Gasteiger partial charge is 0.506 e. The smallest absolute Gasteiger partial charge is 0.141 e. The number of halogens is 2. The molecule has 0 aliphatic carbocycles. The summed E-state index contributed by atoms with van der Waals surface area (Å²) in [5.74, 6) is 0.141. The van der Waals surface area contributed by atoms with Gasteiger partial charge in [-0.05, 0) is 52.7 Å². The van der Waals surface area contributed by atoms with Gasteiger partial charge in [0.1, 0.15) is 17.2 Å². The summed E-state index contributed by atoms with van der Waals surface area (Å²) in [6.07, 6.45) is 1.46. The Morgan fingerprint density at radius 2 is 1.95 bits per heavy atom. The third-order valence-corrected chi connectivity index (χ3v) is 3.35. The summed E-state index contributed by atoms with van der Waals surface area (Å²) in [6.45, 7) is 1.91. The number of aromatic hydroxyl groups is 2. The number of benzene rings is 2. The minimum absolute atomic E-state index is 0.0558. The van der Waals surface area contributed by atoms with Crippen molar-refractivity contribution in [3.63, 3.8) is 0 Å². The Balaban J connectivity index is 2.40. The molecule has 0 radical (unpaired) electrons. The van der Waals surface area contributed by atoms with Crippen LogP contribution in [0.1, 0.15) is 11.1 Å². The average molecular weight is 341 g/mol. The lowest BCUT2D eigenvalue weighted by Gasteiger charge is -2.03. The van der Waals surface area contributed by atoms with Gasteiger partial charge in [0, 0.05) is 16.8 Å². The van der Waals surface area contributed by atoms with Crippen molar-refractivity contribution >= 4 is 39.4 Å². The molecular weight excluding hydrogens is 330 g/mol. The fourth-order valence-corrected chi connectivity index (χ4v) is 2.39. The van der Waals surface area contributed by atoms with Crippen LogP contribution >= 0.6 is 27.5 Å². The van der Waals surface area contributed by atoms with Gasteiger partial charge in [-0.3, -0.25) is 4.99 Å². The Labute approximate surface area is 124 Å². The molecule has 2 aromatic carbocycles. The van der Waals surface area contributed by atoms with Crippen LogP contribution in [0.3, 0.4) is 0 Å². The first-order valence-corrected chi connectivity index (χ1v) is 6.66. The van der Waals surface area contributed by atoms with Gasteiger partial charge >= 0.3 is 0 Å². The standard InChI is InChI=1S/C14H11BrClNO2/c1-8-2-3-13(18)12(4-8)17-7-9-5-10(16)6-11(15)14(9)19/h2-7,18-19H,1H3. The molecule has 0 spiro atoms. The van der Waals surface area contributed by atoms with Crippen LogP contribution in [0.5, 0.6) is 11.5 Å². The van der Waals surface area contributed by atoms with Gasteiger partial charge in [-0.15, -0.1) is 0 Å². The van der Waals surface area contributed by atoms with Gasteiger partial charge in [-0.1, -0.05) is 17.7 Å². The number of phenols is 2. The Kier molecular flexibility index (Phi) is 4.12. The van der Waals surface area contributed by atoms with E-state index in [-0.39, 0.29) is 11.5 Å². The molecule has 0 aromatic heterocycles. The fourth-order valence-electron chi connectivity index (χ4n) is 1.56. The van der Waals surface area contributed by atoms with Gasteiger partial charge in [-0.2, -0.15) is 0 Å². The first-order chi connectivity index (χ1) is 8.97. The minimum atomic E-state index is 0.0558. The van der Waals surface area contributed by atoms with Crippen LogP contribution in [-0.2, 0) is 0 Å². The Hall–Kier alpha value is -1.52. The van der Waals surface area contributed by atoms with Crippen molar-refractivity contribution < 1.29 is 10.2 Å². The molecule has 0 bridgehead atoms. The van der Waals surface area contributed by atoms with Crippen molar-refractivity contribution in [3.8, 4) is 11.5 Å². The molecule has 2 aromatic rings. The normalized spacial score (nSPS) is 11.1. The maximum Gasteiger partial charge on any atom is 0.141 e. The highest BCUT2D eigenvalue weighted by molar-refractivity contribution is 9.10. The van der Waals surface area contributed by atoms with E-state index in [4.69, 9.17) is 11.6 Å². The first kappa shape index (κ1) is 13.9. The molecule has 2 rings (SSSR count). The molecule has 98 valence electrons. The molecule has 5 heteroatoms. The summed E-state index contributed by atoms with van der Waals surface area (Å²) in [7, 11) is 0. The number of hydrogen-bond donors (Lipinski definition) is 2. The van der Waals surface area contributed by atoms with Crippen molar-refractivity contribution in [2.45, 2.75) is 6.92 Å². The van der Waals surface area contributed by atoms with E-state index in [2.05, 4.69) is 20.9 Å². The number of aryl methyl sites for hydroxylation is 1. The van der Waals surface area contributed by atoms with E-state index in [0.29, 0.717) is 20.7 Å². The van der Waals surface area contributed by atoms with Crippen LogP contribution in [-0.4, -0.2) is 16.4 Å². The molecule has 3 nitrogen and oxygen atoms in total. The fraction of sp³-hybridized carbons (Fsp3) is 0.0714. The maximum atomic E-state index is 9.86. The first-order valence-electron chi connectivity index (χ1n) is 5.49. The number of rotatable bonds is 2. The van der Waals surface area contributed by atoms with E-state index in [1.54, 1.807) is 30.3 Å². The predicted molar refractivity (Wildman–Crippen MR) is 80.9 cm³/mol. The number of phenolic OH excluding ortho intramolecular Hbond substituents is 2. The van der Waals surface area contributed by atoms with Crippen molar-refractivity contribution in [1.82, 2.24) is 0 Å². The Morgan fingerprint density at radius 1 is 1.21 bits per heavy atom. The highest BCUT2D eigenvalue weighted by atomic mass is 79.9. The summed E-state index contributed by atoms with van der Waals surface area (Å²) < 4.78 is 0.495. The van der Waals surface area contributed by atoms with E-state index in [0.717, 1.165) is 5.56 Å². The van der Waals surface area contributed by atoms with Crippen LogP contribution in [0.15, 0.2) is 39.8 Å². The van der Waals surface area contributed by atoms with E-state index in [1.807, 2.05) is 6.92 Å². The van der Waals surface area contributed by atoms with Crippen molar-refractivity contribution in [2.75, 3.05) is 0 Å². The van der Waals surface area contributed by atoms with E-state index < -0.39 is 0 Å². The summed E-state index contributed by atoms with van der Waals surface area (Å²) in [6, 6.07) is 8.32. The lowest BCUT2D eigenvalue weighted by atomic mass is 10.2. The maximum absolute atomic E-state index is 9.86. The molecule has 0 heterocycles. The number of hydrogen-bond acceptors (Lipinski definition) is 3. The highest BCUT2D eigenvalue weighted by Crippen LogP contribution is 2.32. The molecule has 0 unspecified atom stereocenters. The van der Waals surface area contributed by atoms with E-state index in [9.17, 15) is 10.2 Å². The Bertz CT molecular complexity index is 656. The summed E-state index contributed by atoms with van der Waals surface area (Å²) in [5, 5.41) is 20.0. The van der Waals surface area contributed by atoms with Crippen LogP contribution in [0.2, 0.25) is 5.02 Å². The molecule has 0 saturated carbocycles. The topological polar surface area (TPSA) is 52.8 Å². The molecule has 0 atom stereocenters. The SMILES string of the molecule is Cc1ccc(O)c(N=Cc2cc(Cl)cc(Br)c2O)c1. The number of nitrogens with zero attached hydrogens (tertiary/aromatic N) is 1. The second-order valence-corrected chi connectivity index (χ2v) is 5.37. The summed E-state index contributed by atoms with van der Waals surface area (Å²) >= 11 is 9.11. The molecule has 2 N–H and O–H groups in total. The number of aliphatic imine (C=N–C) groups is 1. The zero-order valence-corrected chi connectivity index (χ0v) is 12.4. The molecule has 0 aliphatic heterocycles. The summed E-state index contributed by atoms with van der Waals surface area (Å²) in [4.78, 5) is 4.17. The molecule has 0 aliphatic rings. The zero-order valence-electron chi connectivity index (χ0n) is 10.1. The third kappa shape index (κ3) is 3.28. The van der Waals surface area contributed by atoms with Gasteiger partial charge in [0.25, 0.3) is 0 Å². The monoisotopic (exact) mass is 339 g/mol. The van der Waals surface area contributed by atoms with Gasteiger partial charge in [0.15, 0.2) is 0 Å². The molecule has 0 fully saturated rings. The predicted octanol–water partition coefficient (Wildman–Crippen LogP) is 4.57. The van der Waals surface area contributed by atoms with Crippen LogP contribution in [0.4, 0.5) is 5.69 Å². The summed E-state index contributed by atoms with van der Waals surface area (Å²) in [5.41, 5.74) is 1.90. The van der Waals surface area contributed by atoms with Crippen molar-refractivity contribution in [1.29, 1.82) is 0 Å². The van der Waals surface area contributed by atoms with Gasteiger partial charge in [0.2, 0.25) is 0 Å². The lowest BCUT2D eigenvalue weighted by Crippen LogP contribution is -1.84. The van der Waals surface area contributed by atoms with Crippen molar-refractivity contribution in [3.05, 3.63) is 51.0 Å². The minimum Gasteiger partial charge on any atom is -0.506 e. The zero-order chi connectivity index (χ0) is 14.0. The van der Waals surface area contributed by atoms with E-state index >= 15 is 0 Å². The highest BCUT2D eigenvalue weighted by Gasteiger charge is 2.06. The second kappa shape index (κ2) is 5.63. The van der Waals surface area contributed by atoms with Crippen molar-refractivity contribution in [2.24, 2.45) is 4.99 Å². The average Bonchev–Trinajstić information content (AvgIpc) is 2.35. The Morgan fingerprint density at radius 3 is 2.68 bits per heavy atom. The van der Waals surface area contributed by atoms with Gasteiger partial charge in [0.05, 0.1) is 4.47 Å². The van der Waals surface area contributed by atoms with Gasteiger partial charge < -0.3 is 10.2 Å². The van der Waals surface area contributed by atoms with Crippen LogP contribution in [0, 0.1) is 6.92 Å². The van der Waals surface area contributed by atoms with Crippen LogP contribution in [0.25, 0.3) is 0 Å². The van der Waals surface area contributed by atoms with Crippen LogP contribution < -0.4 is 0 Å². The quantitative estimate of drug-likeness (QED) is 0.787. The molecule has 0 saturated heterocycles. The molecule has 0 amide bonds. The molecular formula is C14H11BrClNO2.